The molecule has 2 heteroatoms. The molecule has 2 rings (SSSR count). The van der Waals surface area contributed by atoms with Crippen LogP contribution in [0.2, 0.25) is 0 Å². The van der Waals surface area contributed by atoms with Gasteiger partial charge in [-0.05, 0) is 38.8 Å². The predicted molar refractivity (Wildman–Crippen MR) is 50.7 cm³/mol. The van der Waals surface area contributed by atoms with Gasteiger partial charge in [0, 0.05) is 6.04 Å². The Balaban J connectivity index is 0.000000152. The summed E-state index contributed by atoms with van der Waals surface area (Å²) in [5.41, 5.74) is 5.22. The highest BCUT2D eigenvalue weighted by Gasteiger charge is 2.13. The third kappa shape index (κ3) is 9.92. The van der Waals surface area contributed by atoms with Gasteiger partial charge in [-0.1, -0.05) is 13.8 Å². The van der Waals surface area contributed by atoms with Crippen molar-refractivity contribution in [2.24, 2.45) is 5.73 Å². The molecule has 1 heterocycles. The van der Waals surface area contributed by atoms with Crippen LogP contribution >= 0.6 is 0 Å². The Morgan fingerprint density at radius 3 is 1.55 bits per heavy atom. The average molecular weight is 158 g/mol. The van der Waals surface area contributed by atoms with E-state index in [4.69, 9.17) is 5.73 Å². The van der Waals surface area contributed by atoms with Crippen LogP contribution in [-0.4, -0.2) is 19.1 Å². The first-order chi connectivity index (χ1) is 5.39. The van der Waals surface area contributed by atoms with Gasteiger partial charge in [-0.2, -0.15) is 0 Å². The maximum atomic E-state index is 5.22. The first-order valence-electron chi connectivity index (χ1n) is 4.86. The Morgan fingerprint density at radius 2 is 1.45 bits per heavy atom. The van der Waals surface area contributed by atoms with Crippen LogP contribution < -0.4 is 11.1 Å². The van der Waals surface area contributed by atoms with Crippen molar-refractivity contribution >= 4 is 0 Å². The zero-order valence-corrected chi connectivity index (χ0v) is 7.90. The van der Waals surface area contributed by atoms with E-state index in [1.807, 2.05) is 13.8 Å². The van der Waals surface area contributed by atoms with E-state index in [0.717, 1.165) is 0 Å². The number of nitrogens with two attached hydrogens (primary N) is 1. The van der Waals surface area contributed by atoms with E-state index in [1.54, 1.807) is 0 Å². The molecule has 0 radical (unpaired) electrons. The summed E-state index contributed by atoms with van der Waals surface area (Å²) in [6.45, 7) is 6.50. The fraction of sp³-hybridized carbons (Fsp3) is 1.00. The summed E-state index contributed by atoms with van der Waals surface area (Å²) in [4.78, 5) is 0. The SMILES string of the molecule is C1CCNC1.CC.NC1CC1. The molecule has 0 amide bonds. The molecule has 1 aliphatic carbocycles. The highest BCUT2D eigenvalue weighted by molar-refractivity contribution is 4.75. The molecular weight excluding hydrogens is 136 g/mol. The molecule has 2 aliphatic rings. The summed E-state index contributed by atoms with van der Waals surface area (Å²) in [5.74, 6) is 0. The number of hydrogen-bond donors (Lipinski definition) is 2. The molecule has 0 spiro atoms. The van der Waals surface area contributed by atoms with Crippen molar-refractivity contribution in [3.63, 3.8) is 0 Å². The van der Waals surface area contributed by atoms with Crippen molar-refractivity contribution < 1.29 is 0 Å². The van der Waals surface area contributed by atoms with E-state index in [2.05, 4.69) is 5.32 Å². The number of hydrogen-bond acceptors (Lipinski definition) is 2. The molecule has 68 valence electrons. The van der Waals surface area contributed by atoms with E-state index in [1.165, 1.54) is 38.8 Å². The lowest BCUT2D eigenvalue weighted by Gasteiger charge is -1.76. The molecule has 1 aliphatic heterocycles. The van der Waals surface area contributed by atoms with Crippen LogP contribution in [-0.2, 0) is 0 Å². The van der Waals surface area contributed by atoms with Gasteiger partial charge in [-0.3, -0.25) is 0 Å². The maximum Gasteiger partial charge on any atom is 0.00399 e. The molecule has 2 nitrogen and oxygen atoms in total. The van der Waals surface area contributed by atoms with Gasteiger partial charge in [0.1, 0.15) is 0 Å². The highest BCUT2D eigenvalue weighted by atomic mass is 14.9. The van der Waals surface area contributed by atoms with E-state index in [-0.39, 0.29) is 0 Å². The van der Waals surface area contributed by atoms with Gasteiger partial charge in [0.15, 0.2) is 0 Å². The van der Waals surface area contributed by atoms with Crippen molar-refractivity contribution in [3.8, 4) is 0 Å². The standard InChI is InChI=1S/C4H9N.C3H7N.C2H6/c1-2-4-5-3-1;4-3-1-2-3;1-2/h5H,1-4H2;3H,1-2,4H2;1-2H3. The molecule has 3 N–H and O–H groups in total. The molecule has 11 heavy (non-hydrogen) atoms. The van der Waals surface area contributed by atoms with Gasteiger partial charge in [0.2, 0.25) is 0 Å². The zero-order chi connectivity index (χ0) is 8.53. The van der Waals surface area contributed by atoms with E-state index in [9.17, 15) is 0 Å². The van der Waals surface area contributed by atoms with Crippen LogP contribution in [0.5, 0.6) is 0 Å². The molecule has 0 aromatic carbocycles. The fourth-order valence-corrected chi connectivity index (χ4v) is 0.721. The van der Waals surface area contributed by atoms with Gasteiger partial charge in [0.25, 0.3) is 0 Å². The monoisotopic (exact) mass is 158 g/mol. The van der Waals surface area contributed by atoms with Crippen LogP contribution in [0.25, 0.3) is 0 Å². The first kappa shape index (κ1) is 10.9. The molecule has 2 fully saturated rings. The maximum absolute atomic E-state index is 5.22. The summed E-state index contributed by atoms with van der Waals surface area (Å²) < 4.78 is 0. The van der Waals surface area contributed by atoms with Crippen molar-refractivity contribution in [2.75, 3.05) is 13.1 Å². The van der Waals surface area contributed by atoms with Crippen molar-refractivity contribution in [1.29, 1.82) is 0 Å². The van der Waals surface area contributed by atoms with Crippen LogP contribution in [0.15, 0.2) is 0 Å². The average Bonchev–Trinajstić information content (AvgIpc) is 2.64. The summed E-state index contributed by atoms with van der Waals surface area (Å²) in [7, 11) is 0. The normalized spacial score (nSPS) is 21.0. The van der Waals surface area contributed by atoms with Gasteiger partial charge in [0.05, 0.1) is 0 Å². The van der Waals surface area contributed by atoms with Gasteiger partial charge in [-0.25, -0.2) is 0 Å². The summed E-state index contributed by atoms with van der Waals surface area (Å²) in [6.07, 6.45) is 5.31. The molecule has 0 unspecified atom stereocenters. The minimum atomic E-state index is 0.583. The quantitative estimate of drug-likeness (QED) is 0.561. The van der Waals surface area contributed by atoms with Crippen LogP contribution in [0.1, 0.15) is 39.5 Å². The molecule has 0 aromatic rings. The van der Waals surface area contributed by atoms with E-state index >= 15 is 0 Å². The predicted octanol–water partition coefficient (Wildman–Crippen LogP) is 1.50. The summed E-state index contributed by atoms with van der Waals surface area (Å²) >= 11 is 0. The Labute approximate surface area is 70.5 Å². The van der Waals surface area contributed by atoms with Crippen molar-refractivity contribution in [2.45, 2.75) is 45.6 Å². The van der Waals surface area contributed by atoms with Gasteiger partial charge < -0.3 is 11.1 Å². The second kappa shape index (κ2) is 8.02. The third-order valence-electron chi connectivity index (χ3n) is 1.58. The largest absolute Gasteiger partial charge is 0.328 e. The molecule has 0 atom stereocenters. The minimum Gasteiger partial charge on any atom is -0.328 e. The first-order valence-corrected chi connectivity index (χ1v) is 4.86. The Hall–Kier alpha value is -0.0800. The second-order valence-electron chi connectivity index (χ2n) is 2.79. The van der Waals surface area contributed by atoms with Crippen LogP contribution in [0.3, 0.4) is 0 Å². The van der Waals surface area contributed by atoms with Crippen LogP contribution in [0.4, 0.5) is 0 Å². The van der Waals surface area contributed by atoms with Gasteiger partial charge >= 0.3 is 0 Å². The Kier molecular flexibility index (Phi) is 7.96. The summed E-state index contributed by atoms with van der Waals surface area (Å²) in [6, 6.07) is 0.583. The fourth-order valence-electron chi connectivity index (χ4n) is 0.721. The molecule has 1 saturated carbocycles. The molecular formula is C9H22N2. The van der Waals surface area contributed by atoms with E-state index < -0.39 is 0 Å². The lowest BCUT2D eigenvalue weighted by Crippen LogP contribution is -2.03. The second-order valence-corrected chi connectivity index (χ2v) is 2.79. The van der Waals surface area contributed by atoms with E-state index in [0.29, 0.717) is 6.04 Å². The molecule has 0 bridgehead atoms. The Morgan fingerprint density at radius 1 is 1.09 bits per heavy atom. The van der Waals surface area contributed by atoms with Crippen LogP contribution in [0, 0.1) is 0 Å². The smallest absolute Gasteiger partial charge is 0.00399 e. The topological polar surface area (TPSA) is 38.0 Å². The Bertz CT molecular complexity index is 58.4. The lowest BCUT2D eigenvalue weighted by molar-refractivity contribution is 0.857. The van der Waals surface area contributed by atoms with Crippen molar-refractivity contribution in [3.05, 3.63) is 0 Å². The van der Waals surface area contributed by atoms with Gasteiger partial charge in [-0.15, -0.1) is 0 Å². The zero-order valence-electron chi connectivity index (χ0n) is 7.90. The van der Waals surface area contributed by atoms with Crippen molar-refractivity contribution in [1.82, 2.24) is 5.32 Å². The minimum absolute atomic E-state index is 0.583. The summed E-state index contributed by atoms with van der Waals surface area (Å²) in [5, 5.41) is 3.22. The highest BCUT2D eigenvalue weighted by Crippen LogP contribution is 2.13. The lowest BCUT2D eigenvalue weighted by atomic mass is 10.4. The number of rotatable bonds is 0. The molecule has 1 saturated heterocycles. The third-order valence-corrected chi connectivity index (χ3v) is 1.58. The number of nitrogens with one attached hydrogen (secondary N) is 1. The molecule has 0 aromatic heterocycles.